The Labute approximate surface area is 133 Å². The predicted octanol–water partition coefficient (Wildman–Crippen LogP) is 2.85. The number of nitro benzene ring substituents is 1. The summed E-state index contributed by atoms with van der Waals surface area (Å²) in [7, 11) is 0. The Morgan fingerprint density at radius 2 is 2.00 bits per heavy atom. The summed E-state index contributed by atoms with van der Waals surface area (Å²) < 4.78 is 0. The number of carbonyl (C=O) groups is 1. The minimum Gasteiger partial charge on any atom is -0.267 e. The van der Waals surface area contributed by atoms with Gasteiger partial charge in [-0.05, 0) is 48.1 Å². The van der Waals surface area contributed by atoms with Gasteiger partial charge in [0.1, 0.15) is 0 Å². The fourth-order valence-corrected chi connectivity index (χ4v) is 2.66. The predicted molar refractivity (Wildman–Crippen MR) is 86.6 cm³/mol. The summed E-state index contributed by atoms with van der Waals surface area (Å²) in [5.74, 6) is -0.480. The van der Waals surface area contributed by atoms with E-state index in [4.69, 9.17) is 0 Å². The van der Waals surface area contributed by atoms with Crippen LogP contribution in [0.3, 0.4) is 0 Å². The van der Waals surface area contributed by atoms with E-state index in [2.05, 4.69) is 22.7 Å². The van der Waals surface area contributed by atoms with Gasteiger partial charge in [0, 0.05) is 17.7 Å². The average molecular weight is 309 g/mol. The van der Waals surface area contributed by atoms with Gasteiger partial charge in [-0.15, -0.1) is 0 Å². The van der Waals surface area contributed by atoms with E-state index in [0.717, 1.165) is 18.4 Å². The van der Waals surface area contributed by atoms with Crippen molar-refractivity contribution < 1.29 is 9.72 Å². The van der Waals surface area contributed by atoms with Crippen molar-refractivity contribution in [3.05, 3.63) is 74.8 Å². The Morgan fingerprint density at radius 1 is 1.17 bits per heavy atom. The van der Waals surface area contributed by atoms with E-state index >= 15 is 0 Å². The molecular weight excluding hydrogens is 294 g/mol. The summed E-state index contributed by atoms with van der Waals surface area (Å²) >= 11 is 0. The fourth-order valence-electron chi connectivity index (χ4n) is 2.66. The molecule has 0 saturated carbocycles. The van der Waals surface area contributed by atoms with Gasteiger partial charge in [0.05, 0.1) is 11.1 Å². The van der Waals surface area contributed by atoms with Crippen LogP contribution in [-0.4, -0.2) is 17.0 Å². The van der Waals surface area contributed by atoms with Crippen LogP contribution in [0.4, 0.5) is 5.69 Å². The molecule has 1 aliphatic carbocycles. The van der Waals surface area contributed by atoms with Crippen molar-refractivity contribution >= 4 is 17.8 Å². The molecule has 0 fully saturated rings. The molecule has 0 aliphatic heterocycles. The highest BCUT2D eigenvalue weighted by Crippen LogP contribution is 2.22. The van der Waals surface area contributed by atoms with E-state index < -0.39 is 10.8 Å². The number of rotatable bonds is 4. The third-order valence-electron chi connectivity index (χ3n) is 3.82. The Kier molecular flexibility index (Phi) is 4.14. The first kappa shape index (κ1) is 14.9. The lowest BCUT2D eigenvalue weighted by Crippen LogP contribution is -2.17. The number of amides is 1. The van der Waals surface area contributed by atoms with Crippen LogP contribution in [0.1, 0.15) is 33.5 Å². The maximum absolute atomic E-state index is 11.9. The molecule has 6 heteroatoms. The fraction of sp³-hybridized carbons (Fsp3) is 0.176. The second-order valence-corrected chi connectivity index (χ2v) is 5.39. The molecule has 0 radical (unpaired) electrons. The van der Waals surface area contributed by atoms with Crippen molar-refractivity contribution in [2.24, 2.45) is 5.10 Å². The number of fused-ring (bicyclic) bond motifs is 1. The lowest BCUT2D eigenvalue weighted by Gasteiger charge is -2.01. The SMILES string of the molecule is O=C(NN=Cc1ccc2c(c1)CCC2)c1cccc([N+](=O)[O-])c1. The maximum atomic E-state index is 11.9. The molecule has 1 N–H and O–H groups in total. The number of nitrogens with zero attached hydrogens (tertiary/aromatic N) is 2. The quantitative estimate of drug-likeness (QED) is 0.535. The minimum absolute atomic E-state index is 0.125. The molecule has 6 nitrogen and oxygen atoms in total. The number of hydrazone groups is 1. The van der Waals surface area contributed by atoms with Crippen LogP contribution in [0.5, 0.6) is 0 Å². The van der Waals surface area contributed by atoms with Crippen molar-refractivity contribution in [3.63, 3.8) is 0 Å². The lowest BCUT2D eigenvalue weighted by atomic mass is 10.1. The van der Waals surface area contributed by atoms with Crippen molar-refractivity contribution in [1.29, 1.82) is 0 Å². The zero-order valence-corrected chi connectivity index (χ0v) is 12.4. The second kappa shape index (κ2) is 6.39. The van der Waals surface area contributed by atoms with E-state index in [1.165, 1.54) is 41.8 Å². The number of carbonyl (C=O) groups excluding carboxylic acids is 1. The summed E-state index contributed by atoms with van der Waals surface area (Å²) in [5, 5.41) is 14.6. The zero-order chi connectivity index (χ0) is 16.2. The zero-order valence-electron chi connectivity index (χ0n) is 12.4. The molecule has 1 amide bonds. The first-order valence-corrected chi connectivity index (χ1v) is 7.33. The maximum Gasteiger partial charge on any atom is 0.271 e. The van der Waals surface area contributed by atoms with Crippen molar-refractivity contribution in [2.75, 3.05) is 0 Å². The molecule has 2 aromatic carbocycles. The normalized spacial score (nSPS) is 13.0. The minimum atomic E-state index is -0.537. The van der Waals surface area contributed by atoms with Gasteiger partial charge >= 0.3 is 0 Å². The van der Waals surface area contributed by atoms with Gasteiger partial charge in [0.15, 0.2) is 0 Å². The van der Waals surface area contributed by atoms with Gasteiger partial charge < -0.3 is 0 Å². The van der Waals surface area contributed by atoms with E-state index in [1.807, 2.05) is 6.07 Å². The smallest absolute Gasteiger partial charge is 0.267 e. The molecule has 0 atom stereocenters. The van der Waals surface area contributed by atoms with Gasteiger partial charge in [-0.2, -0.15) is 5.10 Å². The van der Waals surface area contributed by atoms with Crippen LogP contribution >= 0.6 is 0 Å². The van der Waals surface area contributed by atoms with Crippen molar-refractivity contribution in [1.82, 2.24) is 5.43 Å². The highest BCUT2D eigenvalue weighted by atomic mass is 16.6. The lowest BCUT2D eigenvalue weighted by molar-refractivity contribution is -0.384. The molecule has 3 rings (SSSR count). The van der Waals surface area contributed by atoms with Crippen molar-refractivity contribution in [3.8, 4) is 0 Å². The third kappa shape index (κ3) is 3.42. The highest BCUT2D eigenvalue weighted by Gasteiger charge is 2.11. The van der Waals surface area contributed by atoms with Gasteiger partial charge in [0.25, 0.3) is 11.6 Å². The van der Waals surface area contributed by atoms with Gasteiger partial charge in [-0.1, -0.05) is 18.2 Å². The van der Waals surface area contributed by atoms with Crippen LogP contribution in [0.15, 0.2) is 47.6 Å². The van der Waals surface area contributed by atoms with Crippen LogP contribution in [-0.2, 0) is 12.8 Å². The Balaban J connectivity index is 1.67. The largest absolute Gasteiger partial charge is 0.271 e. The summed E-state index contributed by atoms with van der Waals surface area (Å²) in [6.07, 6.45) is 4.96. The topological polar surface area (TPSA) is 84.6 Å². The van der Waals surface area contributed by atoms with Gasteiger partial charge in [-0.3, -0.25) is 14.9 Å². The summed E-state index contributed by atoms with van der Waals surface area (Å²) in [6, 6.07) is 11.7. The number of hydrogen-bond acceptors (Lipinski definition) is 4. The molecule has 1 aliphatic rings. The summed E-state index contributed by atoms with van der Waals surface area (Å²) in [6.45, 7) is 0. The standard InChI is InChI=1S/C17H15N3O3/c21-17(15-5-2-6-16(10-15)20(22)23)19-18-11-12-7-8-13-3-1-4-14(13)9-12/h2,5-11H,1,3-4H2,(H,19,21). The van der Waals surface area contributed by atoms with Crippen LogP contribution < -0.4 is 5.43 Å². The van der Waals surface area contributed by atoms with E-state index in [1.54, 1.807) is 6.21 Å². The highest BCUT2D eigenvalue weighted by molar-refractivity contribution is 5.95. The first-order chi connectivity index (χ1) is 11.1. The summed E-state index contributed by atoms with van der Waals surface area (Å²) in [5.41, 5.74) is 6.10. The number of hydrogen-bond donors (Lipinski definition) is 1. The number of nitrogens with one attached hydrogen (secondary N) is 1. The van der Waals surface area contributed by atoms with E-state index in [9.17, 15) is 14.9 Å². The monoisotopic (exact) mass is 309 g/mol. The molecule has 116 valence electrons. The van der Waals surface area contributed by atoms with E-state index in [-0.39, 0.29) is 11.3 Å². The second-order valence-electron chi connectivity index (χ2n) is 5.39. The third-order valence-corrected chi connectivity index (χ3v) is 3.82. The number of benzene rings is 2. The Morgan fingerprint density at radius 3 is 2.83 bits per heavy atom. The van der Waals surface area contributed by atoms with Crippen LogP contribution in [0.2, 0.25) is 0 Å². The average Bonchev–Trinajstić information content (AvgIpc) is 3.02. The van der Waals surface area contributed by atoms with Crippen molar-refractivity contribution in [2.45, 2.75) is 19.3 Å². The van der Waals surface area contributed by atoms with E-state index in [0.29, 0.717) is 0 Å². The van der Waals surface area contributed by atoms with Gasteiger partial charge in [0.2, 0.25) is 0 Å². The van der Waals surface area contributed by atoms with Crippen LogP contribution in [0, 0.1) is 10.1 Å². The molecule has 0 saturated heterocycles. The Hall–Kier alpha value is -3.02. The molecule has 0 heterocycles. The molecule has 0 unspecified atom stereocenters. The first-order valence-electron chi connectivity index (χ1n) is 7.33. The molecule has 0 aromatic heterocycles. The Bertz CT molecular complexity index is 799. The number of aryl methyl sites for hydroxylation is 2. The van der Waals surface area contributed by atoms with Gasteiger partial charge in [-0.25, -0.2) is 5.43 Å². The molecule has 0 bridgehead atoms. The molecule has 23 heavy (non-hydrogen) atoms. The number of nitro groups is 1. The molecule has 0 spiro atoms. The molecule has 2 aromatic rings. The van der Waals surface area contributed by atoms with Crippen LogP contribution in [0.25, 0.3) is 0 Å². The molecular formula is C17H15N3O3. The summed E-state index contributed by atoms with van der Waals surface area (Å²) in [4.78, 5) is 22.1. The number of non-ortho nitro benzene ring substituents is 1.